The minimum Gasteiger partial charge on any atom is -0.497 e. The summed E-state index contributed by atoms with van der Waals surface area (Å²) in [7, 11) is -2.08. The zero-order chi connectivity index (χ0) is 20.7. The number of sulfonamides is 1. The largest absolute Gasteiger partial charge is 0.497 e. The molecule has 0 heterocycles. The molecule has 152 valence electrons. The van der Waals surface area contributed by atoms with Crippen molar-refractivity contribution in [1.29, 1.82) is 0 Å². The summed E-state index contributed by atoms with van der Waals surface area (Å²) in [5.74, 6) is 2.61. The number of para-hydroxylation sites is 1. The molecule has 6 nitrogen and oxygen atoms in total. The molecule has 1 N–H and O–H groups in total. The Morgan fingerprint density at radius 1 is 0.793 bits per heavy atom. The molecule has 0 unspecified atom stereocenters. The lowest BCUT2D eigenvalue weighted by Crippen LogP contribution is -2.36. The summed E-state index contributed by atoms with van der Waals surface area (Å²) in [6.07, 6.45) is 0. The van der Waals surface area contributed by atoms with E-state index in [1.165, 1.54) is 12.1 Å². The Labute approximate surface area is 171 Å². The molecule has 0 fully saturated rings. The molecule has 7 heteroatoms. The zero-order valence-corrected chi connectivity index (χ0v) is 17.1. The molecule has 0 aliphatic carbocycles. The zero-order valence-electron chi connectivity index (χ0n) is 16.2. The number of ether oxygens (including phenoxy) is 3. The molecule has 0 spiro atoms. The fourth-order valence-corrected chi connectivity index (χ4v) is 3.80. The third kappa shape index (κ3) is 5.97. The van der Waals surface area contributed by atoms with Crippen molar-refractivity contribution in [1.82, 2.24) is 4.72 Å². The Morgan fingerprint density at radius 2 is 1.34 bits per heavy atom. The molecular weight excluding hydrogens is 390 g/mol. The highest BCUT2D eigenvalue weighted by atomic mass is 32.2. The molecule has 0 aromatic heterocycles. The average Bonchev–Trinajstić information content (AvgIpc) is 2.73. The number of hydrogen-bond donors (Lipinski definition) is 1. The molecular formula is C22H23NO5S. The predicted molar refractivity (Wildman–Crippen MR) is 111 cm³/mol. The first kappa shape index (κ1) is 20.7. The van der Waals surface area contributed by atoms with Crippen LogP contribution in [0.1, 0.15) is 6.92 Å². The smallest absolute Gasteiger partial charge is 0.240 e. The lowest BCUT2D eigenvalue weighted by Gasteiger charge is -2.16. The first-order valence-corrected chi connectivity index (χ1v) is 10.6. The quantitative estimate of drug-likeness (QED) is 0.568. The minimum atomic E-state index is -3.67. The Kier molecular flexibility index (Phi) is 6.74. The molecule has 0 amide bonds. The van der Waals surface area contributed by atoms with E-state index < -0.39 is 16.1 Å². The normalized spacial score (nSPS) is 12.2. The van der Waals surface area contributed by atoms with Gasteiger partial charge in [-0.2, -0.15) is 0 Å². The van der Waals surface area contributed by atoms with E-state index in [1.807, 2.05) is 30.3 Å². The van der Waals surface area contributed by atoms with Gasteiger partial charge in [0.2, 0.25) is 10.0 Å². The van der Waals surface area contributed by atoms with Crippen LogP contribution in [-0.2, 0) is 10.0 Å². The van der Waals surface area contributed by atoms with Gasteiger partial charge >= 0.3 is 0 Å². The van der Waals surface area contributed by atoms with E-state index >= 15 is 0 Å². The molecule has 3 aromatic rings. The number of methoxy groups -OCH3 is 1. The second-order valence-corrected chi connectivity index (χ2v) is 8.11. The van der Waals surface area contributed by atoms with Crippen LogP contribution >= 0.6 is 0 Å². The Morgan fingerprint density at radius 3 is 1.97 bits per heavy atom. The maximum atomic E-state index is 12.6. The van der Waals surface area contributed by atoms with E-state index in [2.05, 4.69) is 4.72 Å². The van der Waals surface area contributed by atoms with Crippen LogP contribution in [0, 0.1) is 0 Å². The lowest BCUT2D eigenvalue weighted by molar-refractivity contribution is 0.287. The van der Waals surface area contributed by atoms with Gasteiger partial charge in [0.1, 0.15) is 29.6 Å². The fourth-order valence-electron chi connectivity index (χ4n) is 2.57. The van der Waals surface area contributed by atoms with Crippen LogP contribution in [0.4, 0.5) is 0 Å². The topological polar surface area (TPSA) is 73.9 Å². The van der Waals surface area contributed by atoms with Crippen molar-refractivity contribution in [3.63, 3.8) is 0 Å². The molecule has 0 aliphatic rings. The number of benzene rings is 3. The summed E-state index contributed by atoms with van der Waals surface area (Å²) >= 11 is 0. The highest BCUT2D eigenvalue weighted by Gasteiger charge is 2.18. The first-order valence-electron chi connectivity index (χ1n) is 9.08. The van der Waals surface area contributed by atoms with Crippen LogP contribution in [-0.4, -0.2) is 28.2 Å². The Hall–Kier alpha value is -3.03. The summed E-state index contributed by atoms with van der Waals surface area (Å²) in [5, 5.41) is 0. The van der Waals surface area contributed by atoms with Gasteiger partial charge in [-0.1, -0.05) is 18.2 Å². The van der Waals surface area contributed by atoms with Crippen LogP contribution in [0.15, 0.2) is 83.8 Å². The van der Waals surface area contributed by atoms with Crippen molar-refractivity contribution in [3.05, 3.63) is 78.9 Å². The van der Waals surface area contributed by atoms with Gasteiger partial charge in [-0.15, -0.1) is 0 Å². The van der Waals surface area contributed by atoms with Crippen LogP contribution < -0.4 is 18.9 Å². The van der Waals surface area contributed by atoms with E-state index in [4.69, 9.17) is 14.2 Å². The second-order valence-electron chi connectivity index (χ2n) is 6.40. The Balaban J connectivity index is 1.56. The van der Waals surface area contributed by atoms with Crippen molar-refractivity contribution in [3.8, 4) is 23.0 Å². The van der Waals surface area contributed by atoms with Crippen LogP contribution in [0.25, 0.3) is 0 Å². The Bertz CT molecular complexity index is 1000. The van der Waals surface area contributed by atoms with Crippen molar-refractivity contribution < 1.29 is 22.6 Å². The lowest BCUT2D eigenvalue weighted by atomic mass is 10.3. The van der Waals surface area contributed by atoms with E-state index in [-0.39, 0.29) is 11.5 Å². The van der Waals surface area contributed by atoms with Gasteiger partial charge in [-0.3, -0.25) is 0 Å². The summed E-state index contributed by atoms with van der Waals surface area (Å²) in [6.45, 7) is 1.94. The fraction of sp³-hybridized carbons (Fsp3) is 0.182. The summed E-state index contributed by atoms with van der Waals surface area (Å²) in [5.41, 5.74) is 0. The molecule has 1 atom stereocenters. The van der Waals surface area contributed by atoms with Crippen molar-refractivity contribution in [2.24, 2.45) is 0 Å². The van der Waals surface area contributed by atoms with E-state index in [0.717, 1.165) is 5.75 Å². The highest BCUT2D eigenvalue weighted by molar-refractivity contribution is 7.89. The van der Waals surface area contributed by atoms with Gasteiger partial charge in [-0.25, -0.2) is 13.1 Å². The maximum absolute atomic E-state index is 12.6. The van der Waals surface area contributed by atoms with Gasteiger partial charge < -0.3 is 14.2 Å². The molecule has 0 saturated carbocycles. The van der Waals surface area contributed by atoms with Gasteiger partial charge in [0.15, 0.2) is 0 Å². The second kappa shape index (κ2) is 9.45. The summed E-state index contributed by atoms with van der Waals surface area (Å²) in [6, 6.07) is 22.3. The standard InChI is InChI=1S/C22H23NO5S/c1-17(16-27-19-10-8-18(26-2)9-11-19)23-29(24,25)22-14-12-21(13-15-22)28-20-6-4-3-5-7-20/h3-15,17,23H,16H2,1-2H3/t17-/m0/s1. The molecule has 0 aliphatic heterocycles. The summed E-state index contributed by atoms with van der Waals surface area (Å²) < 4.78 is 44.2. The van der Waals surface area contributed by atoms with Crippen LogP contribution in [0.5, 0.6) is 23.0 Å². The van der Waals surface area contributed by atoms with Crippen molar-refractivity contribution >= 4 is 10.0 Å². The van der Waals surface area contributed by atoms with E-state index in [9.17, 15) is 8.42 Å². The third-order valence-corrected chi connectivity index (χ3v) is 5.63. The SMILES string of the molecule is COc1ccc(OC[C@H](C)NS(=O)(=O)c2ccc(Oc3ccccc3)cc2)cc1. The monoisotopic (exact) mass is 413 g/mol. The number of hydrogen-bond acceptors (Lipinski definition) is 5. The van der Waals surface area contributed by atoms with E-state index in [1.54, 1.807) is 50.4 Å². The predicted octanol–water partition coefficient (Wildman–Crippen LogP) is 4.23. The first-order chi connectivity index (χ1) is 14.0. The number of rotatable bonds is 9. The molecule has 0 bridgehead atoms. The van der Waals surface area contributed by atoms with Crippen molar-refractivity contribution in [2.75, 3.05) is 13.7 Å². The molecule has 29 heavy (non-hydrogen) atoms. The maximum Gasteiger partial charge on any atom is 0.240 e. The van der Waals surface area contributed by atoms with Crippen LogP contribution in [0.3, 0.4) is 0 Å². The van der Waals surface area contributed by atoms with E-state index in [0.29, 0.717) is 17.2 Å². The van der Waals surface area contributed by atoms with Gasteiger partial charge in [0.05, 0.1) is 18.0 Å². The average molecular weight is 413 g/mol. The summed E-state index contributed by atoms with van der Waals surface area (Å²) in [4.78, 5) is 0.161. The highest BCUT2D eigenvalue weighted by Crippen LogP contribution is 2.23. The molecule has 0 radical (unpaired) electrons. The van der Waals surface area contributed by atoms with Crippen molar-refractivity contribution in [2.45, 2.75) is 17.9 Å². The molecule has 3 rings (SSSR count). The molecule has 3 aromatic carbocycles. The number of nitrogens with one attached hydrogen (secondary N) is 1. The van der Waals surface area contributed by atoms with Gasteiger partial charge in [-0.05, 0) is 67.6 Å². The third-order valence-electron chi connectivity index (χ3n) is 4.03. The molecule has 0 saturated heterocycles. The van der Waals surface area contributed by atoms with Gasteiger partial charge in [0, 0.05) is 0 Å². The minimum absolute atomic E-state index is 0.161. The van der Waals surface area contributed by atoms with Gasteiger partial charge in [0.25, 0.3) is 0 Å². The van der Waals surface area contributed by atoms with Crippen LogP contribution in [0.2, 0.25) is 0 Å².